The van der Waals surface area contributed by atoms with E-state index < -0.39 is 0 Å². The van der Waals surface area contributed by atoms with Gasteiger partial charge in [-0.1, -0.05) is 18.2 Å². The number of hydrogen-bond donors (Lipinski definition) is 3. The van der Waals surface area contributed by atoms with Crippen LogP contribution >= 0.6 is 0 Å². The molecule has 1 amide bonds. The Hall–Kier alpha value is -3.09. The predicted molar refractivity (Wildman–Crippen MR) is 94.2 cm³/mol. The van der Waals surface area contributed by atoms with Crippen LogP contribution < -0.4 is 20.7 Å². The minimum atomic E-state index is -0.175. The van der Waals surface area contributed by atoms with E-state index in [1.54, 1.807) is 31.6 Å². The Morgan fingerprint density at radius 1 is 1.17 bits per heavy atom. The van der Waals surface area contributed by atoms with Crippen molar-refractivity contribution in [3.63, 3.8) is 0 Å². The number of amides is 1. The number of carbonyl (C=O) groups is 1. The van der Waals surface area contributed by atoms with Gasteiger partial charge in [-0.05, 0) is 24.3 Å². The fourth-order valence-corrected chi connectivity index (χ4v) is 1.88. The van der Waals surface area contributed by atoms with Gasteiger partial charge in [0, 0.05) is 13.2 Å². The summed E-state index contributed by atoms with van der Waals surface area (Å²) in [5.41, 5.74) is 0.656. The van der Waals surface area contributed by atoms with E-state index in [0.717, 1.165) is 5.75 Å². The van der Waals surface area contributed by atoms with Gasteiger partial charge in [0.2, 0.25) is 5.91 Å². The second kappa shape index (κ2) is 9.83. The summed E-state index contributed by atoms with van der Waals surface area (Å²) >= 11 is 0. The molecule has 1 aromatic heterocycles. The molecule has 0 saturated heterocycles. The number of carbonyl (C=O) groups excluding carboxylic acids is 1. The van der Waals surface area contributed by atoms with E-state index in [9.17, 15) is 4.79 Å². The summed E-state index contributed by atoms with van der Waals surface area (Å²) in [5.74, 6) is 1.18. The Bertz CT molecular complexity index is 647. The molecule has 0 aliphatic carbocycles. The molecule has 1 aromatic carbocycles. The van der Waals surface area contributed by atoms with Crippen LogP contribution in [-0.2, 0) is 4.79 Å². The van der Waals surface area contributed by atoms with Crippen molar-refractivity contribution in [1.82, 2.24) is 15.6 Å². The van der Waals surface area contributed by atoms with Crippen LogP contribution in [0.25, 0.3) is 0 Å². The molecule has 0 spiro atoms. The van der Waals surface area contributed by atoms with E-state index in [0.29, 0.717) is 24.8 Å². The smallest absolute Gasteiger partial charge is 0.243 e. The summed E-state index contributed by atoms with van der Waals surface area (Å²) < 4.78 is 5.57. The van der Waals surface area contributed by atoms with Gasteiger partial charge in [0.15, 0.2) is 5.96 Å². The number of benzene rings is 1. The molecule has 2 aromatic rings. The van der Waals surface area contributed by atoms with Gasteiger partial charge in [-0.25, -0.2) is 0 Å². The topological polar surface area (TPSA) is 87.6 Å². The van der Waals surface area contributed by atoms with Gasteiger partial charge < -0.3 is 20.7 Å². The Kier molecular flexibility index (Phi) is 7.07. The van der Waals surface area contributed by atoms with Crippen LogP contribution in [0.2, 0.25) is 0 Å². The first-order valence-corrected chi connectivity index (χ1v) is 7.60. The normalized spacial score (nSPS) is 10.8. The SMILES string of the molecule is CN=C(NCCOc1ccccc1)NCC(=O)Nc1cccnc1. The molecule has 7 heteroatoms. The van der Waals surface area contributed by atoms with Crippen molar-refractivity contribution in [3.8, 4) is 5.75 Å². The molecule has 0 fully saturated rings. The summed E-state index contributed by atoms with van der Waals surface area (Å²) in [6.45, 7) is 1.17. The van der Waals surface area contributed by atoms with Crippen LogP contribution in [0.3, 0.4) is 0 Å². The second-order valence-electron chi connectivity index (χ2n) is 4.80. The minimum absolute atomic E-state index is 0.105. The molecule has 0 unspecified atom stereocenters. The number of nitrogens with zero attached hydrogens (tertiary/aromatic N) is 2. The molecular weight excluding hydrogens is 306 g/mol. The van der Waals surface area contributed by atoms with Gasteiger partial charge in [-0.3, -0.25) is 14.8 Å². The van der Waals surface area contributed by atoms with Crippen LogP contribution in [0.5, 0.6) is 5.75 Å². The van der Waals surface area contributed by atoms with E-state index in [1.807, 2.05) is 30.3 Å². The molecule has 0 atom stereocenters. The summed E-state index contributed by atoms with van der Waals surface area (Å²) in [6.07, 6.45) is 3.24. The average Bonchev–Trinajstić information content (AvgIpc) is 2.63. The van der Waals surface area contributed by atoms with Crippen molar-refractivity contribution in [2.24, 2.45) is 4.99 Å². The van der Waals surface area contributed by atoms with Gasteiger partial charge in [-0.15, -0.1) is 0 Å². The highest BCUT2D eigenvalue weighted by atomic mass is 16.5. The maximum Gasteiger partial charge on any atom is 0.243 e. The van der Waals surface area contributed by atoms with E-state index in [1.165, 1.54) is 0 Å². The molecule has 0 saturated carbocycles. The van der Waals surface area contributed by atoms with Crippen LogP contribution in [0.4, 0.5) is 5.69 Å². The van der Waals surface area contributed by atoms with Gasteiger partial charge in [0.1, 0.15) is 12.4 Å². The maximum absolute atomic E-state index is 11.8. The number of anilines is 1. The standard InChI is InChI=1S/C17H21N5O2/c1-18-17(20-10-11-24-15-7-3-2-4-8-15)21-13-16(23)22-14-6-5-9-19-12-14/h2-9,12H,10-11,13H2,1H3,(H,22,23)(H2,18,20,21). The van der Waals surface area contributed by atoms with E-state index in [-0.39, 0.29) is 12.5 Å². The van der Waals surface area contributed by atoms with E-state index in [2.05, 4.69) is 25.9 Å². The number of rotatable bonds is 7. The third-order valence-electron chi connectivity index (χ3n) is 2.99. The first-order valence-electron chi connectivity index (χ1n) is 7.60. The van der Waals surface area contributed by atoms with Crippen LogP contribution in [0, 0.1) is 0 Å². The zero-order chi connectivity index (χ0) is 17.0. The fraction of sp³-hybridized carbons (Fsp3) is 0.235. The summed E-state index contributed by atoms with van der Waals surface area (Å²) in [5, 5.41) is 8.76. The highest BCUT2D eigenvalue weighted by Gasteiger charge is 2.04. The maximum atomic E-state index is 11.8. The lowest BCUT2D eigenvalue weighted by Gasteiger charge is -2.12. The molecule has 0 aliphatic rings. The lowest BCUT2D eigenvalue weighted by Crippen LogP contribution is -2.42. The van der Waals surface area contributed by atoms with Crippen molar-refractivity contribution >= 4 is 17.6 Å². The van der Waals surface area contributed by atoms with Gasteiger partial charge in [0.25, 0.3) is 0 Å². The van der Waals surface area contributed by atoms with Crippen molar-refractivity contribution in [2.75, 3.05) is 32.1 Å². The molecule has 0 bridgehead atoms. The highest BCUT2D eigenvalue weighted by molar-refractivity contribution is 5.94. The van der Waals surface area contributed by atoms with Crippen molar-refractivity contribution in [2.45, 2.75) is 0 Å². The summed E-state index contributed by atoms with van der Waals surface area (Å²) in [6, 6.07) is 13.1. The molecule has 2 rings (SSSR count). The third kappa shape index (κ3) is 6.35. The van der Waals surface area contributed by atoms with E-state index >= 15 is 0 Å². The first-order chi connectivity index (χ1) is 11.8. The van der Waals surface area contributed by atoms with E-state index in [4.69, 9.17) is 4.74 Å². The second-order valence-corrected chi connectivity index (χ2v) is 4.80. The molecular formula is C17H21N5O2. The quantitative estimate of drug-likeness (QED) is 0.405. The monoisotopic (exact) mass is 327 g/mol. The van der Waals surface area contributed by atoms with Crippen LogP contribution in [-0.4, -0.2) is 43.6 Å². The minimum Gasteiger partial charge on any atom is -0.492 e. The van der Waals surface area contributed by atoms with Crippen molar-refractivity contribution < 1.29 is 9.53 Å². The molecule has 7 nitrogen and oxygen atoms in total. The molecule has 0 radical (unpaired) electrons. The number of aliphatic imine (C=N–C) groups is 1. The Balaban J connectivity index is 1.64. The number of guanidine groups is 1. The molecule has 0 aliphatic heterocycles. The predicted octanol–water partition coefficient (Wildman–Crippen LogP) is 1.26. The third-order valence-corrected chi connectivity index (χ3v) is 2.99. The number of pyridine rings is 1. The summed E-state index contributed by atoms with van der Waals surface area (Å²) in [4.78, 5) is 19.8. The van der Waals surface area contributed by atoms with Gasteiger partial charge in [0.05, 0.1) is 25.0 Å². The lowest BCUT2D eigenvalue weighted by atomic mass is 10.3. The molecule has 1 heterocycles. The lowest BCUT2D eigenvalue weighted by molar-refractivity contribution is -0.115. The Morgan fingerprint density at radius 2 is 2.00 bits per heavy atom. The number of nitrogens with one attached hydrogen (secondary N) is 3. The molecule has 24 heavy (non-hydrogen) atoms. The van der Waals surface area contributed by atoms with Gasteiger partial charge in [-0.2, -0.15) is 0 Å². The zero-order valence-electron chi connectivity index (χ0n) is 13.5. The fourth-order valence-electron chi connectivity index (χ4n) is 1.88. The highest BCUT2D eigenvalue weighted by Crippen LogP contribution is 2.07. The molecule has 126 valence electrons. The Morgan fingerprint density at radius 3 is 2.71 bits per heavy atom. The van der Waals surface area contributed by atoms with Crippen LogP contribution in [0.1, 0.15) is 0 Å². The van der Waals surface area contributed by atoms with Gasteiger partial charge >= 0.3 is 0 Å². The van der Waals surface area contributed by atoms with Crippen molar-refractivity contribution in [1.29, 1.82) is 0 Å². The number of ether oxygens (including phenoxy) is 1. The number of aromatic nitrogens is 1. The molecule has 3 N–H and O–H groups in total. The largest absolute Gasteiger partial charge is 0.492 e. The summed E-state index contributed by atoms with van der Waals surface area (Å²) in [7, 11) is 1.65. The number of para-hydroxylation sites is 1. The average molecular weight is 327 g/mol. The zero-order valence-corrected chi connectivity index (χ0v) is 13.5. The first kappa shape index (κ1) is 17.3. The number of hydrogen-bond acceptors (Lipinski definition) is 4. The Labute approximate surface area is 141 Å². The van der Waals surface area contributed by atoms with Crippen molar-refractivity contribution in [3.05, 3.63) is 54.9 Å². The van der Waals surface area contributed by atoms with Crippen LogP contribution in [0.15, 0.2) is 59.9 Å².